The van der Waals surface area contributed by atoms with Crippen LogP contribution >= 0.6 is 0 Å². The Morgan fingerprint density at radius 2 is 1.93 bits per heavy atom. The molecule has 0 aliphatic carbocycles. The van der Waals surface area contributed by atoms with Crippen LogP contribution in [0, 0.1) is 11.8 Å². The van der Waals surface area contributed by atoms with Gasteiger partial charge in [0.2, 0.25) is 5.79 Å². The van der Waals surface area contributed by atoms with Gasteiger partial charge in [-0.25, -0.2) is 4.79 Å². The predicted molar refractivity (Wildman–Crippen MR) is 163 cm³/mol. The van der Waals surface area contributed by atoms with Gasteiger partial charge < -0.3 is 29.7 Å². The van der Waals surface area contributed by atoms with Crippen molar-refractivity contribution in [2.24, 2.45) is 0 Å². The molecule has 1 saturated heterocycles. The molecule has 44 heavy (non-hydrogen) atoms. The van der Waals surface area contributed by atoms with E-state index in [9.17, 15) is 19.5 Å². The van der Waals surface area contributed by atoms with E-state index >= 15 is 0 Å². The molecule has 3 amide bonds. The first-order chi connectivity index (χ1) is 21.1. The average Bonchev–Trinajstić information content (AvgIpc) is 3.27. The predicted octanol–water partition coefficient (Wildman–Crippen LogP) is 3.83. The molecule has 2 aromatic carbocycles. The number of nitrogens with zero attached hydrogens (tertiary/aromatic N) is 2. The van der Waals surface area contributed by atoms with Crippen molar-refractivity contribution >= 4 is 23.6 Å². The molecule has 11 heteroatoms. The van der Waals surface area contributed by atoms with E-state index in [-0.39, 0.29) is 6.54 Å². The van der Waals surface area contributed by atoms with Crippen molar-refractivity contribution in [3.05, 3.63) is 59.2 Å². The number of rotatable bonds is 15. The Kier molecular flexibility index (Phi) is 11.7. The third-order valence-electron chi connectivity index (χ3n) is 7.24. The zero-order valence-corrected chi connectivity index (χ0v) is 25.3. The number of hydrogen-bond donors (Lipinski definition) is 3. The number of aliphatic hydroxyl groups excluding tert-OH is 1. The number of aliphatic carboxylic acids is 1. The van der Waals surface area contributed by atoms with E-state index in [1.807, 2.05) is 38.1 Å². The number of benzene rings is 2. The van der Waals surface area contributed by atoms with Crippen LogP contribution in [0.3, 0.4) is 0 Å². The molecule has 0 spiro atoms. The van der Waals surface area contributed by atoms with E-state index in [1.165, 1.54) is 4.90 Å². The lowest BCUT2D eigenvalue weighted by Gasteiger charge is -2.33. The number of carbonyl (C=O) groups excluding carboxylic acids is 2. The molecule has 0 radical (unpaired) electrons. The van der Waals surface area contributed by atoms with E-state index in [0.29, 0.717) is 44.0 Å². The van der Waals surface area contributed by atoms with Crippen LogP contribution in [0.15, 0.2) is 42.5 Å². The maximum absolute atomic E-state index is 12.5. The van der Waals surface area contributed by atoms with Crippen LogP contribution in [0.2, 0.25) is 0 Å². The minimum atomic E-state index is -1.24. The lowest BCUT2D eigenvalue weighted by Crippen LogP contribution is -2.36. The topological polar surface area (TPSA) is 138 Å². The average molecular weight is 608 g/mol. The Bertz CT molecular complexity index is 1380. The fourth-order valence-electron chi connectivity index (χ4n) is 4.90. The first kappa shape index (κ1) is 33.0. The number of unbranched alkanes of at least 4 members (excludes halogenated alkanes) is 3. The van der Waals surface area contributed by atoms with Gasteiger partial charge in [-0.15, -0.1) is 0 Å². The number of carboxylic acid groups (broad SMARTS) is 1. The van der Waals surface area contributed by atoms with E-state index in [1.54, 1.807) is 18.2 Å². The number of ether oxygens (including phenoxy) is 3. The third-order valence-corrected chi connectivity index (χ3v) is 7.24. The smallest absolute Gasteiger partial charge is 0.332 e. The summed E-state index contributed by atoms with van der Waals surface area (Å²) in [5.41, 5.74) is 2.98. The lowest BCUT2D eigenvalue weighted by atomic mass is 10.0. The minimum Gasteiger partial charge on any atom is -0.480 e. The summed E-state index contributed by atoms with van der Waals surface area (Å²) in [7, 11) is 0. The second-order valence-electron chi connectivity index (χ2n) is 11.2. The van der Waals surface area contributed by atoms with Gasteiger partial charge in [0.15, 0.2) is 0 Å². The zero-order chi connectivity index (χ0) is 31.5. The molecule has 1 atom stereocenters. The maximum Gasteiger partial charge on any atom is 0.332 e. The van der Waals surface area contributed by atoms with Crippen molar-refractivity contribution < 1.29 is 38.8 Å². The largest absolute Gasteiger partial charge is 0.480 e. The van der Waals surface area contributed by atoms with E-state index < -0.39 is 36.3 Å². The van der Waals surface area contributed by atoms with Crippen LogP contribution in [-0.2, 0) is 25.7 Å². The number of aliphatic hydroxyl groups is 1. The Labute approximate surface area is 258 Å². The highest BCUT2D eigenvalue weighted by molar-refractivity contribution is 6.13. The summed E-state index contributed by atoms with van der Waals surface area (Å²) < 4.78 is 17.2. The lowest BCUT2D eigenvalue weighted by molar-refractivity contribution is -0.180. The van der Waals surface area contributed by atoms with Crippen molar-refractivity contribution in [3.8, 4) is 17.6 Å². The SMILES string of the molecule is CC1(C)OCc2cc([C@H](O)CNCCCCCCOCCC#Cc3cccc(N4CC(=O)N(CC(=O)O)C4=O)c3)ccc2O1. The second-order valence-corrected chi connectivity index (χ2v) is 11.2. The minimum absolute atomic E-state index is 0.196. The van der Waals surface area contributed by atoms with Crippen molar-refractivity contribution in [1.29, 1.82) is 0 Å². The van der Waals surface area contributed by atoms with Crippen LogP contribution in [0.25, 0.3) is 0 Å². The third kappa shape index (κ3) is 9.53. The number of fused-ring (bicyclic) bond motifs is 1. The Balaban J connectivity index is 1.03. The number of anilines is 1. The van der Waals surface area contributed by atoms with Crippen LogP contribution in [0.4, 0.5) is 10.5 Å². The molecule has 2 heterocycles. The molecular formula is C33H41N3O8. The van der Waals surface area contributed by atoms with E-state index in [4.69, 9.17) is 19.3 Å². The summed E-state index contributed by atoms with van der Waals surface area (Å²) in [6.07, 6.45) is 4.10. The van der Waals surface area contributed by atoms with Crippen molar-refractivity contribution in [2.45, 2.75) is 64.4 Å². The highest BCUT2D eigenvalue weighted by atomic mass is 16.7. The van der Waals surface area contributed by atoms with Gasteiger partial charge in [-0.2, -0.15) is 0 Å². The van der Waals surface area contributed by atoms with E-state index in [0.717, 1.165) is 54.0 Å². The molecule has 11 nitrogen and oxygen atoms in total. The fourth-order valence-corrected chi connectivity index (χ4v) is 4.90. The summed E-state index contributed by atoms with van der Waals surface area (Å²) in [6.45, 7) is 5.90. The summed E-state index contributed by atoms with van der Waals surface area (Å²) in [6, 6.07) is 12.0. The van der Waals surface area contributed by atoms with Gasteiger partial charge in [0.05, 0.1) is 19.3 Å². The van der Waals surface area contributed by atoms with Gasteiger partial charge in [0.1, 0.15) is 18.8 Å². The highest BCUT2D eigenvalue weighted by Crippen LogP contribution is 2.32. The van der Waals surface area contributed by atoms with Gasteiger partial charge in [-0.3, -0.25) is 19.4 Å². The molecule has 0 aromatic heterocycles. The Hall–Kier alpha value is -3.95. The van der Waals surface area contributed by atoms with Gasteiger partial charge in [0, 0.05) is 50.2 Å². The van der Waals surface area contributed by atoms with Crippen molar-refractivity contribution in [1.82, 2.24) is 10.2 Å². The van der Waals surface area contributed by atoms with Crippen LogP contribution in [0.1, 0.15) is 68.7 Å². The molecule has 0 bridgehead atoms. The normalized spacial score (nSPS) is 16.2. The van der Waals surface area contributed by atoms with Gasteiger partial charge in [0.25, 0.3) is 5.91 Å². The number of nitrogens with one attached hydrogen (secondary N) is 1. The molecule has 4 rings (SSSR count). The number of urea groups is 1. The molecule has 2 aromatic rings. The van der Waals surface area contributed by atoms with Crippen LogP contribution < -0.4 is 15.0 Å². The first-order valence-corrected chi connectivity index (χ1v) is 15.0. The van der Waals surface area contributed by atoms with Crippen molar-refractivity contribution in [2.75, 3.05) is 44.3 Å². The van der Waals surface area contributed by atoms with Gasteiger partial charge >= 0.3 is 12.0 Å². The molecule has 2 aliphatic heterocycles. The molecule has 236 valence electrons. The molecule has 1 fully saturated rings. The summed E-state index contributed by atoms with van der Waals surface area (Å²) >= 11 is 0. The molecule has 3 N–H and O–H groups in total. The number of carboxylic acids is 1. The summed E-state index contributed by atoms with van der Waals surface area (Å²) in [5.74, 6) is 4.49. The molecular weight excluding hydrogens is 566 g/mol. The van der Waals surface area contributed by atoms with Crippen molar-refractivity contribution in [3.63, 3.8) is 0 Å². The quantitative estimate of drug-likeness (QED) is 0.157. The maximum atomic E-state index is 12.5. The Morgan fingerprint density at radius 1 is 1.11 bits per heavy atom. The van der Waals surface area contributed by atoms with E-state index in [2.05, 4.69) is 17.2 Å². The fraction of sp³-hybridized carbons (Fsp3) is 0.485. The molecule has 0 saturated carbocycles. The zero-order valence-electron chi connectivity index (χ0n) is 25.3. The number of amides is 3. The molecule has 0 unspecified atom stereocenters. The Morgan fingerprint density at radius 3 is 2.75 bits per heavy atom. The molecule has 2 aliphatic rings. The monoisotopic (exact) mass is 607 g/mol. The standard InChI is InChI=1S/C33H41N3O8/c1-33(2)43-23-26-19-25(13-14-29(26)44-33)28(37)20-34-15-6-3-4-7-16-42-17-8-5-10-24-11-9-12-27(18-24)35-21-30(38)36(32(35)41)22-31(39)40/h9,11-14,18-19,28,34,37H,3-4,6-8,15-17,20-23H2,1-2H3,(H,39,40)/t28-/m1/s1. The highest BCUT2D eigenvalue weighted by Gasteiger charge is 2.38. The number of hydrogen-bond acceptors (Lipinski definition) is 8. The summed E-state index contributed by atoms with van der Waals surface area (Å²) in [4.78, 5) is 37.4. The second kappa shape index (κ2) is 15.7. The van der Waals surface area contributed by atoms with Crippen LogP contribution in [0.5, 0.6) is 5.75 Å². The van der Waals surface area contributed by atoms with Gasteiger partial charge in [-0.1, -0.05) is 36.8 Å². The van der Waals surface area contributed by atoms with Crippen LogP contribution in [-0.4, -0.2) is 78.2 Å². The number of imide groups is 1. The summed E-state index contributed by atoms with van der Waals surface area (Å²) in [5, 5.41) is 22.8. The van der Waals surface area contributed by atoms with Gasteiger partial charge in [-0.05, 0) is 55.3 Å². The number of carbonyl (C=O) groups is 3. The first-order valence-electron chi connectivity index (χ1n) is 15.0.